The van der Waals surface area contributed by atoms with Crippen LogP contribution in [0.4, 0.5) is 0 Å². The Hall–Kier alpha value is -2.22. The first-order valence-electron chi connectivity index (χ1n) is 9.09. The smallest absolute Gasteiger partial charge is 0.271 e. The second-order valence-corrected chi connectivity index (χ2v) is 8.55. The molecule has 1 fully saturated rings. The predicted molar refractivity (Wildman–Crippen MR) is 111 cm³/mol. The summed E-state index contributed by atoms with van der Waals surface area (Å²) >= 11 is 7.32. The molecule has 0 radical (unpaired) electrons. The summed E-state index contributed by atoms with van der Waals surface area (Å²) in [7, 11) is 0. The second kappa shape index (κ2) is 7.66. The topological polar surface area (TPSA) is 64.4 Å². The van der Waals surface area contributed by atoms with Crippen molar-refractivity contribution in [1.29, 1.82) is 0 Å². The van der Waals surface area contributed by atoms with Gasteiger partial charge < -0.3 is 9.64 Å². The van der Waals surface area contributed by atoms with Gasteiger partial charge in [0.1, 0.15) is 11.2 Å². The van der Waals surface area contributed by atoms with E-state index in [0.717, 1.165) is 10.4 Å². The zero-order valence-corrected chi connectivity index (χ0v) is 17.2. The molecule has 1 saturated heterocycles. The van der Waals surface area contributed by atoms with E-state index in [9.17, 15) is 9.59 Å². The SMILES string of the molecule is C[C@@H]1CN(C(=O)Cn2cnc3cc(-c4ccc(Cl)cc4)sc3c2=O)C[C@H](C)O1. The lowest BCUT2D eigenvalue weighted by molar-refractivity contribution is -0.143. The van der Waals surface area contributed by atoms with Gasteiger partial charge in [-0.25, -0.2) is 4.98 Å². The Bertz CT molecular complexity index is 1070. The van der Waals surface area contributed by atoms with Crippen LogP contribution in [0.3, 0.4) is 0 Å². The number of benzene rings is 1. The van der Waals surface area contributed by atoms with Gasteiger partial charge in [0, 0.05) is 23.0 Å². The van der Waals surface area contributed by atoms with E-state index in [1.165, 1.54) is 22.2 Å². The lowest BCUT2D eigenvalue weighted by Crippen LogP contribution is -2.49. The summed E-state index contributed by atoms with van der Waals surface area (Å²) in [5.41, 5.74) is 1.42. The maximum Gasteiger partial charge on any atom is 0.271 e. The van der Waals surface area contributed by atoms with Crippen LogP contribution in [0.15, 0.2) is 41.5 Å². The minimum atomic E-state index is -0.196. The molecule has 3 aromatic rings. The van der Waals surface area contributed by atoms with E-state index in [0.29, 0.717) is 28.3 Å². The number of amides is 1. The van der Waals surface area contributed by atoms with E-state index < -0.39 is 0 Å². The molecule has 2 atom stereocenters. The standard InChI is InChI=1S/C20H20ClN3O3S/c1-12-8-23(9-13(2)27-12)18(25)10-24-11-22-16-7-17(28-19(16)20(24)26)14-3-5-15(21)6-4-14/h3-7,11-13H,8-10H2,1-2H3/t12-,13+. The first-order valence-corrected chi connectivity index (χ1v) is 10.3. The molecule has 2 aromatic heterocycles. The quantitative estimate of drug-likeness (QED) is 0.655. The zero-order chi connectivity index (χ0) is 19.8. The van der Waals surface area contributed by atoms with Crippen molar-refractivity contribution in [3.63, 3.8) is 0 Å². The van der Waals surface area contributed by atoms with Crippen LogP contribution in [0.5, 0.6) is 0 Å². The van der Waals surface area contributed by atoms with Gasteiger partial charge in [-0.3, -0.25) is 14.2 Å². The maximum atomic E-state index is 12.9. The van der Waals surface area contributed by atoms with Crippen LogP contribution in [-0.2, 0) is 16.1 Å². The van der Waals surface area contributed by atoms with Gasteiger partial charge in [-0.05, 0) is 37.6 Å². The van der Waals surface area contributed by atoms with Crippen molar-refractivity contribution in [3.05, 3.63) is 52.0 Å². The van der Waals surface area contributed by atoms with Gasteiger partial charge in [0.2, 0.25) is 5.91 Å². The van der Waals surface area contributed by atoms with E-state index in [2.05, 4.69) is 4.98 Å². The third-order valence-electron chi connectivity index (χ3n) is 4.71. The van der Waals surface area contributed by atoms with E-state index in [-0.39, 0.29) is 30.2 Å². The predicted octanol–water partition coefficient (Wildman–Crippen LogP) is 3.41. The van der Waals surface area contributed by atoms with Crippen molar-refractivity contribution in [2.45, 2.75) is 32.6 Å². The van der Waals surface area contributed by atoms with E-state index in [4.69, 9.17) is 16.3 Å². The highest BCUT2D eigenvalue weighted by Gasteiger charge is 2.26. The molecule has 1 amide bonds. The Morgan fingerprint density at radius 3 is 2.61 bits per heavy atom. The first-order chi connectivity index (χ1) is 13.4. The van der Waals surface area contributed by atoms with Crippen molar-refractivity contribution in [2.75, 3.05) is 13.1 Å². The number of hydrogen-bond acceptors (Lipinski definition) is 5. The molecule has 3 heterocycles. The van der Waals surface area contributed by atoms with Crippen LogP contribution >= 0.6 is 22.9 Å². The Labute approximate surface area is 171 Å². The molecule has 0 unspecified atom stereocenters. The minimum absolute atomic E-state index is 0.00995. The molecule has 146 valence electrons. The molecule has 1 aromatic carbocycles. The van der Waals surface area contributed by atoms with Crippen molar-refractivity contribution < 1.29 is 9.53 Å². The zero-order valence-electron chi connectivity index (χ0n) is 15.6. The van der Waals surface area contributed by atoms with Crippen molar-refractivity contribution in [2.24, 2.45) is 0 Å². The molecule has 0 bridgehead atoms. The van der Waals surface area contributed by atoms with Crippen molar-refractivity contribution in [3.8, 4) is 10.4 Å². The normalized spacial score (nSPS) is 19.9. The van der Waals surface area contributed by atoms with Gasteiger partial charge in [0.15, 0.2) is 0 Å². The molecule has 28 heavy (non-hydrogen) atoms. The third-order valence-corrected chi connectivity index (χ3v) is 6.12. The number of thiophene rings is 1. The number of ether oxygens (including phenoxy) is 1. The van der Waals surface area contributed by atoms with E-state index in [1.807, 2.05) is 44.2 Å². The molecular formula is C20H20ClN3O3S. The number of morpholine rings is 1. The first kappa shape index (κ1) is 19.1. The van der Waals surface area contributed by atoms with Crippen molar-refractivity contribution in [1.82, 2.24) is 14.5 Å². The molecule has 0 aliphatic carbocycles. The fraction of sp³-hybridized carbons (Fsp3) is 0.350. The summed E-state index contributed by atoms with van der Waals surface area (Å²) in [5, 5.41) is 0.663. The summed E-state index contributed by atoms with van der Waals surface area (Å²) in [6.07, 6.45) is 1.43. The maximum absolute atomic E-state index is 12.9. The molecular weight excluding hydrogens is 398 g/mol. The monoisotopic (exact) mass is 417 g/mol. The highest BCUT2D eigenvalue weighted by atomic mass is 35.5. The lowest BCUT2D eigenvalue weighted by atomic mass is 10.2. The minimum Gasteiger partial charge on any atom is -0.372 e. The van der Waals surface area contributed by atoms with Gasteiger partial charge in [-0.1, -0.05) is 23.7 Å². The average molecular weight is 418 g/mol. The van der Waals surface area contributed by atoms with Crippen LogP contribution in [0.2, 0.25) is 5.02 Å². The molecule has 6 nitrogen and oxygen atoms in total. The number of carbonyl (C=O) groups excluding carboxylic acids is 1. The average Bonchev–Trinajstić information content (AvgIpc) is 3.09. The third kappa shape index (κ3) is 3.83. The van der Waals surface area contributed by atoms with Gasteiger partial charge in [0.05, 0.1) is 24.1 Å². The Morgan fingerprint density at radius 1 is 1.25 bits per heavy atom. The van der Waals surface area contributed by atoms with Crippen LogP contribution in [-0.4, -0.2) is 45.7 Å². The fourth-order valence-electron chi connectivity index (χ4n) is 3.44. The number of halogens is 1. The molecule has 1 aliphatic rings. The molecule has 4 rings (SSSR count). The number of fused-ring (bicyclic) bond motifs is 1. The number of hydrogen-bond donors (Lipinski definition) is 0. The van der Waals surface area contributed by atoms with Gasteiger partial charge in [-0.2, -0.15) is 0 Å². The van der Waals surface area contributed by atoms with Crippen LogP contribution in [0.1, 0.15) is 13.8 Å². The summed E-state index contributed by atoms with van der Waals surface area (Å²) in [5.74, 6) is -0.0975. The number of aromatic nitrogens is 2. The van der Waals surface area contributed by atoms with Gasteiger partial charge in [-0.15, -0.1) is 11.3 Å². The Balaban J connectivity index is 1.60. The number of nitrogens with zero attached hydrogens (tertiary/aromatic N) is 3. The summed E-state index contributed by atoms with van der Waals surface area (Å²) in [6, 6.07) is 9.35. The summed E-state index contributed by atoms with van der Waals surface area (Å²) < 4.78 is 7.60. The van der Waals surface area contributed by atoms with Gasteiger partial charge in [0.25, 0.3) is 5.56 Å². The van der Waals surface area contributed by atoms with Crippen LogP contribution in [0, 0.1) is 0 Å². The van der Waals surface area contributed by atoms with Crippen LogP contribution in [0.25, 0.3) is 20.7 Å². The largest absolute Gasteiger partial charge is 0.372 e. The van der Waals surface area contributed by atoms with E-state index >= 15 is 0 Å². The molecule has 8 heteroatoms. The molecule has 1 aliphatic heterocycles. The molecule has 0 spiro atoms. The fourth-order valence-corrected chi connectivity index (χ4v) is 4.63. The Kier molecular flexibility index (Phi) is 5.23. The summed E-state index contributed by atoms with van der Waals surface area (Å²) in [6.45, 7) is 4.94. The second-order valence-electron chi connectivity index (χ2n) is 7.07. The number of carbonyl (C=O) groups is 1. The van der Waals surface area contributed by atoms with E-state index in [1.54, 1.807) is 4.90 Å². The lowest BCUT2D eigenvalue weighted by Gasteiger charge is -2.35. The van der Waals surface area contributed by atoms with Crippen LogP contribution < -0.4 is 5.56 Å². The van der Waals surface area contributed by atoms with Gasteiger partial charge >= 0.3 is 0 Å². The molecule has 0 saturated carbocycles. The highest BCUT2D eigenvalue weighted by molar-refractivity contribution is 7.22. The highest BCUT2D eigenvalue weighted by Crippen LogP contribution is 2.31. The Morgan fingerprint density at radius 2 is 1.93 bits per heavy atom. The van der Waals surface area contributed by atoms with Crippen molar-refractivity contribution >= 4 is 39.1 Å². The molecule has 0 N–H and O–H groups in total. The number of rotatable bonds is 3. The summed E-state index contributed by atoms with van der Waals surface area (Å²) in [4.78, 5) is 32.6.